The molecule has 4 atom stereocenters. The van der Waals surface area contributed by atoms with Crippen molar-refractivity contribution in [2.75, 3.05) is 0 Å². The fourth-order valence-electron chi connectivity index (χ4n) is 3.83. The molecule has 0 bridgehead atoms. The van der Waals surface area contributed by atoms with Gasteiger partial charge in [-0.15, -0.1) is 0 Å². The first-order valence-corrected chi connectivity index (χ1v) is 8.55. The lowest BCUT2D eigenvalue weighted by Gasteiger charge is -2.46. The summed E-state index contributed by atoms with van der Waals surface area (Å²) >= 11 is 0. The van der Waals surface area contributed by atoms with Gasteiger partial charge in [-0.2, -0.15) is 0 Å². The Morgan fingerprint density at radius 1 is 1.29 bits per heavy atom. The maximum atomic E-state index is 11.7. The van der Waals surface area contributed by atoms with E-state index in [0.29, 0.717) is 12.3 Å². The molecule has 0 spiro atoms. The maximum absolute atomic E-state index is 11.7. The van der Waals surface area contributed by atoms with Crippen molar-refractivity contribution in [2.24, 2.45) is 5.92 Å². The SMILES string of the molecule is CCCC[C@H](C)C[C@]1(CC)C[C@]2(CC)OC(=O)C[C@@H]2OO1. The Morgan fingerprint density at radius 2 is 2.05 bits per heavy atom. The van der Waals surface area contributed by atoms with Gasteiger partial charge in [0.15, 0.2) is 0 Å². The Kier molecular flexibility index (Phi) is 5.31. The van der Waals surface area contributed by atoms with Crippen LogP contribution in [0.3, 0.4) is 0 Å². The number of carbonyl (C=O) groups excluding carboxylic acids is 1. The molecule has 2 aliphatic rings. The summed E-state index contributed by atoms with van der Waals surface area (Å²) < 4.78 is 5.68. The second-order valence-electron chi connectivity index (χ2n) is 6.93. The molecule has 2 saturated heterocycles. The summed E-state index contributed by atoms with van der Waals surface area (Å²) in [5.74, 6) is 0.437. The van der Waals surface area contributed by atoms with E-state index in [0.717, 1.165) is 25.7 Å². The summed E-state index contributed by atoms with van der Waals surface area (Å²) in [5, 5.41) is 0. The smallest absolute Gasteiger partial charge is 0.309 e. The second kappa shape index (κ2) is 6.66. The molecule has 0 aromatic heterocycles. The predicted octanol–water partition coefficient (Wildman–Crippen LogP) is 4.17. The third kappa shape index (κ3) is 3.42. The van der Waals surface area contributed by atoms with Gasteiger partial charge >= 0.3 is 5.97 Å². The molecule has 0 aliphatic carbocycles. The van der Waals surface area contributed by atoms with E-state index in [9.17, 15) is 4.79 Å². The highest BCUT2D eigenvalue weighted by atomic mass is 17.2. The minimum atomic E-state index is -0.476. The number of hydrogen-bond acceptors (Lipinski definition) is 4. The van der Waals surface area contributed by atoms with Gasteiger partial charge < -0.3 is 4.74 Å². The van der Waals surface area contributed by atoms with Gasteiger partial charge in [0.05, 0.1) is 6.42 Å². The summed E-state index contributed by atoms with van der Waals surface area (Å²) in [7, 11) is 0. The fourth-order valence-corrected chi connectivity index (χ4v) is 3.83. The normalized spacial score (nSPS) is 37.1. The summed E-state index contributed by atoms with van der Waals surface area (Å²) in [6, 6.07) is 0. The van der Waals surface area contributed by atoms with Crippen LogP contribution in [0.5, 0.6) is 0 Å². The average Bonchev–Trinajstić information content (AvgIpc) is 2.80. The van der Waals surface area contributed by atoms with Crippen molar-refractivity contribution >= 4 is 5.97 Å². The average molecular weight is 298 g/mol. The van der Waals surface area contributed by atoms with Gasteiger partial charge in [0, 0.05) is 6.42 Å². The van der Waals surface area contributed by atoms with Gasteiger partial charge in [0.2, 0.25) is 0 Å². The van der Waals surface area contributed by atoms with E-state index in [1.165, 1.54) is 19.3 Å². The molecule has 0 unspecified atom stereocenters. The third-order valence-corrected chi connectivity index (χ3v) is 5.23. The van der Waals surface area contributed by atoms with Crippen molar-refractivity contribution in [1.82, 2.24) is 0 Å². The van der Waals surface area contributed by atoms with E-state index >= 15 is 0 Å². The number of esters is 1. The quantitative estimate of drug-likeness (QED) is 0.523. The zero-order valence-electron chi connectivity index (χ0n) is 13.9. The van der Waals surface area contributed by atoms with Crippen LogP contribution in [0.1, 0.15) is 79.1 Å². The number of rotatable bonds is 7. The summed E-state index contributed by atoms with van der Waals surface area (Å²) in [6.45, 7) is 8.70. The molecule has 2 rings (SSSR count). The zero-order chi connectivity index (χ0) is 15.5. The van der Waals surface area contributed by atoms with Crippen LogP contribution in [0.15, 0.2) is 0 Å². The van der Waals surface area contributed by atoms with E-state index in [1.807, 2.05) is 0 Å². The van der Waals surface area contributed by atoms with E-state index in [4.69, 9.17) is 14.5 Å². The molecule has 4 heteroatoms. The predicted molar refractivity (Wildman–Crippen MR) is 80.6 cm³/mol. The molecule has 21 heavy (non-hydrogen) atoms. The van der Waals surface area contributed by atoms with Crippen LogP contribution < -0.4 is 0 Å². The van der Waals surface area contributed by atoms with Gasteiger partial charge in [-0.25, -0.2) is 9.78 Å². The Hall–Kier alpha value is -0.610. The molecule has 0 N–H and O–H groups in total. The van der Waals surface area contributed by atoms with Gasteiger partial charge in [-0.1, -0.05) is 47.0 Å². The second-order valence-corrected chi connectivity index (χ2v) is 6.93. The molecule has 0 saturated carbocycles. The Bertz CT molecular complexity index is 370. The fraction of sp³-hybridized carbons (Fsp3) is 0.941. The first kappa shape index (κ1) is 16.8. The molecule has 2 aliphatic heterocycles. The van der Waals surface area contributed by atoms with E-state index < -0.39 is 5.60 Å². The first-order chi connectivity index (χ1) is 9.99. The minimum Gasteiger partial charge on any atom is -0.456 e. The standard InChI is InChI=1S/C17H30O4/c1-5-8-9-13(4)11-16(6-2)12-17(7-3)14(20-21-16)10-15(18)19-17/h13-14H,5-12H2,1-4H3/t13-,14-,16+,17-/m0/s1. The summed E-state index contributed by atoms with van der Waals surface area (Å²) in [6.07, 6.45) is 7.17. The van der Waals surface area contributed by atoms with Gasteiger partial charge in [0.1, 0.15) is 17.3 Å². The molecular formula is C17H30O4. The van der Waals surface area contributed by atoms with Crippen LogP contribution in [-0.4, -0.2) is 23.3 Å². The highest BCUT2D eigenvalue weighted by Gasteiger charge is 2.58. The molecule has 122 valence electrons. The van der Waals surface area contributed by atoms with Gasteiger partial charge in [-0.05, 0) is 25.2 Å². The molecule has 2 heterocycles. The van der Waals surface area contributed by atoms with Crippen molar-refractivity contribution in [3.8, 4) is 0 Å². The van der Waals surface area contributed by atoms with Crippen LogP contribution in [0, 0.1) is 5.92 Å². The molecular weight excluding hydrogens is 268 g/mol. The monoisotopic (exact) mass is 298 g/mol. The van der Waals surface area contributed by atoms with E-state index in [-0.39, 0.29) is 17.7 Å². The lowest BCUT2D eigenvalue weighted by atomic mass is 9.75. The van der Waals surface area contributed by atoms with Crippen LogP contribution in [0.4, 0.5) is 0 Å². The van der Waals surface area contributed by atoms with Crippen LogP contribution >= 0.6 is 0 Å². The Labute approximate surface area is 128 Å². The Morgan fingerprint density at radius 3 is 2.67 bits per heavy atom. The Balaban J connectivity index is 2.08. The highest BCUT2D eigenvalue weighted by molar-refractivity contribution is 5.73. The highest BCUT2D eigenvalue weighted by Crippen LogP contribution is 2.48. The molecule has 0 amide bonds. The van der Waals surface area contributed by atoms with Crippen LogP contribution in [-0.2, 0) is 19.3 Å². The van der Waals surface area contributed by atoms with Crippen molar-refractivity contribution in [3.05, 3.63) is 0 Å². The van der Waals surface area contributed by atoms with Crippen molar-refractivity contribution < 1.29 is 19.3 Å². The number of hydrogen-bond donors (Lipinski definition) is 0. The molecule has 0 aromatic rings. The number of unbranched alkanes of at least 4 members (excludes halogenated alkanes) is 1. The summed E-state index contributed by atoms with van der Waals surface area (Å²) in [4.78, 5) is 23.1. The number of carbonyl (C=O) groups is 1. The van der Waals surface area contributed by atoms with Gasteiger partial charge in [-0.3, -0.25) is 4.79 Å². The molecule has 0 radical (unpaired) electrons. The number of fused-ring (bicyclic) bond motifs is 1. The third-order valence-electron chi connectivity index (χ3n) is 5.23. The van der Waals surface area contributed by atoms with Crippen molar-refractivity contribution in [3.63, 3.8) is 0 Å². The van der Waals surface area contributed by atoms with Crippen molar-refractivity contribution in [1.29, 1.82) is 0 Å². The largest absolute Gasteiger partial charge is 0.456 e. The maximum Gasteiger partial charge on any atom is 0.309 e. The molecule has 2 fully saturated rings. The minimum absolute atomic E-state index is 0.156. The first-order valence-electron chi connectivity index (χ1n) is 8.55. The lowest BCUT2D eigenvalue weighted by molar-refractivity contribution is -0.436. The lowest BCUT2D eigenvalue weighted by Crippen LogP contribution is -2.54. The number of ether oxygens (including phenoxy) is 1. The van der Waals surface area contributed by atoms with E-state index in [2.05, 4.69) is 27.7 Å². The molecule has 0 aromatic carbocycles. The summed E-state index contributed by atoms with van der Waals surface area (Å²) in [5.41, 5.74) is -0.792. The molecule has 4 nitrogen and oxygen atoms in total. The van der Waals surface area contributed by atoms with E-state index in [1.54, 1.807) is 0 Å². The van der Waals surface area contributed by atoms with Crippen LogP contribution in [0.25, 0.3) is 0 Å². The topological polar surface area (TPSA) is 44.8 Å². The zero-order valence-corrected chi connectivity index (χ0v) is 13.9. The van der Waals surface area contributed by atoms with Gasteiger partial charge in [0.25, 0.3) is 0 Å². The van der Waals surface area contributed by atoms with Crippen molar-refractivity contribution in [2.45, 2.75) is 96.4 Å². The van der Waals surface area contributed by atoms with Crippen LogP contribution in [0.2, 0.25) is 0 Å².